The highest BCUT2D eigenvalue weighted by atomic mass is 79.9. The predicted octanol–water partition coefficient (Wildman–Crippen LogP) is 4.83. The van der Waals surface area contributed by atoms with E-state index in [1.54, 1.807) is 6.07 Å². The zero-order valence-corrected chi connectivity index (χ0v) is 12.4. The van der Waals surface area contributed by atoms with Gasteiger partial charge in [0.15, 0.2) is 0 Å². The van der Waals surface area contributed by atoms with E-state index in [1.165, 1.54) is 12.1 Å². The molecule has 1 N–H and O–H groups in total. The molecule has 0 saturated carbocycles. The molecule has 0 saturated heterocycles. The van der Waals surface area contributed by atoms with Crippen LogP contribution in [0.4, 0.5) is 4.39 Å². The molecule has 0 aliphatic rings. The first-order chi connectivity index (χ1) is 8.45. The Bertz CT molecular complexity index is 617. The van der Waals surface area contributed by atoms with Crippen LogP contribution in [0, 0.1) is 10.5 Å². The van der Waals surface area contributed by atoms with Crippen molar-refractivity contribution >= 4 is 28.1 Å². The SMILES string of the molecule is CC(C)c1cc(=S)nc(-c2cc(F)cc(Br)c2)[nH]1. The Morgan fingerprint density at radius 2 is 2.00 bits per heavy atom. The second kappa shape index (κ2) is 5.28. The summed E-state index contributed by atoms with van der Waals surface area (Å²) in [5, 5.41) is 0. The van der Waals surface area contributed by atoms with E-state index in [4.69, 9.17) is 12.2 Å². The highest BCUT2D eigenvalue weighted by molar-refractivity contribution is 9.10. The third-order valence-electron chi connectivity index (χ3n) is 2.52. The number of nitrogens with zero attached hydrogens (tertiary/aromatic N) is 1. The predicted molar refractivity (Wildman–Crippen MR) is 76.6 cm³/mol. The summed E-state index contributed by atoms with van der Waals surface area (Å²) in [4.78, 5) is 7.43. The lowest BCUT2D eigenvalue weighted by Crippen LogP contribution is -1.98. The van der Waals surface area contributed by atoms with Gasteiger partial charge < -0.3 is 4.98 Å². The number of nitrogens with one attached hydrogen (secondary N) is 1. The van der Waals surface area contributed by atoms with Crippen LogP contribution in [0.2, 0.25) is 0 Å². The molecule has 0 bridgehead atoms. The van der Waals surface area contributed by atoms with Crippen molar-refractivity contribution in [2.24, 2.45) is 0 Å². The van der Waals surface area contributed by atoms with E-state index < -0.39 is 0 Å². The quantitative estimate of drug-likeness (QED) is 0.800. The zero-order chi connectivity index (χ0) is 13.3. The third-order valence-corrected chi connectivity index (χ3v) is 3.19. The second-order valence-electron chi connectivity index (χ2n) is 4.34. The molecule has 0 amide bonds. The molecule has 1 aromatic carbocycles. The molecule has 1 heterocycles. The summed E-state index contributed by atoms with van der Waals surface area (Å²) >= 11 is 8.40. The molecule has 2 rings (SSSR count). The van der Waals surface area contributed by atoms with E-state index in [9.17, 15) is 4.39 Å². The van der Waals surface area contributed by atoms with Gasteiger partial charge in [-0.15, -0.1) is 0 Å². The number of halogens is 2. The molecular formula is C13H12BrFN2S. The second-order valence-corrected chi connectivity index (χ2v) is 5.67. The Hall–Kier alpha value is -1.07. The van der Waals surface area contributed by atoms with Gasteiger partial charge in [-0.3, -0.25) is 0 Å². The standard InChI is InChI=1S/C13H12BrFN2S/c1-7(2)11-6-12(18)17-13(16-11)8-3-9(14)5-10(15)4-8/h3-7H,1-2H3,(H,16,17,18). The first kappa shape index (κ1) is 13.4. The first-order valence-electron chi connectivity index (χ1n) is 5.53. The molecule has 5 heteroatoms. The van der Waals surface area contributed by atoms with Crippen LogP contribution in [0.1, 0.15) is 25.5 Å². The number of benzene rings is 1. The fourth-order valence-corrected chi connectivity index (χ4v) is 2.30. The maximum Gasteiger partial charge on any atom is 0.139 e. The minimum absolute atomic E-state index is 0.310. The maximum absolute atomic E-state index is 13.4. The van der Waals surface area contributed by atoms with Crippen molar-refractivity contribution in [3.8, 4) is 11.4 Å². The van der Waals surface area contributed by atoms with Gasteiger partial charge in [-0.25, -0.2) is 9.37 Å². The van der Waals surface area contributed by atoms with Crippen molar-refractivity contribution in [1.82, 2.24) is 9.97 Å². The van der Waals surface area contributed by atoms with Gasteiger partial charge in [-0.05, 0) is 30.2 Å². The van der Waals surface area contributed by atoms with Crippen molar-refractivity contribution in [3.63, 3.8) is 0 Å². The van der Waals surface area contributed by atoms with Crippen LogP contribution < -0.4 is 0 Å². The van der Waals surface area contributed by atoms with Gasteiger partial charge in [-0.2, -0.15) is 0 Å². The Morgan fingerprint density at radius 3 is 2.61 bits per heavy atom. The van der Waals surface area contributed by atoms with Gasteiger partial charge in [0.1, 0.15) is 16.3 Å². The lowest BCUT2D eigenvalue weighted by molar-refractivity contribution is 0.627. The van der Waals surface area contributed by atoms with Gasteiger partial charge in [0.25, 0.3) is 0 Å². The summed E-state index contributed by atoms with van der Waals surface area (Å²) in [5.74, 6) is 0.590. The summed E-state index contributed by atoms with van der Waals surface area (Å²) in [6.45, 7) is 4.12. The molecule has 0 atom stereocenters. The molecule has 2 aromatic rings. The van der Waals surface area contributed by atoms with E-state index in [-0.39, 0.29) is 5.82 Å². The fraction of sp³-hybridized carbons (Fsp3) is 0.231. The van der Waals surface area contributed by atoms with Crippen molar-refractivity contribution < 1.29 is 4.39 Å². The minimum atomic E-state index is -0.310. The Morgan fingerprint density at radius 1 is 1.28 bits per heavy atom. The Kier molecular flexibility index (Phi) is 3.92. The van der Waals surface area contributed by atoms with Crippen molar-refractivity contribution in [3.05, 3.63) is 44.9 Å². The van der Waals surface area contributed by atoms with E-state index in [0.717, 1.165) is 5.69 Å². The highest BCUT2D eigenvalue weighted by Gasteiger charge is 2.07. The molecule has 0 aliphatic carbocycles. The van der Waals surface area contributed by atoms with Crippen molar-refractivity contribution in [2.75, 3.05) is 0 Å². The van der Waals surface area contributed by atoms with Gasteiger partial charge in [0.2, 0.25) is 0 Å². The molecule has 0 fully saturated rings. The van der Waals surface area contributed by atoms with E-state index in [1.807, 2.05) is 6.07 Å². The van der Waals surface area contributed by atoms with E-state index in [2.05, 4.69) is 39.7 Å². The van der Waals surface area contributed by atoms with Crippen LogP contribution in [0.3, 0.4) is 0 Å². The third kappa shape index (κ3) is 3.03. The van der Waals surface area contributed by atoms with Gasteiger partial charge in [0.05, 0.1) is 0 Å². The lowest BCUT2D eigenvalue weighted by atomic mass is 10.1. The minimum Gasteiger partial charge on any atom is -0.343 e. The monoisotopic (exact) mass is 326 g/mol. The smallest absolute Gasteiger partial charge is 0.139 e. The molecule has 0 aliphatic heterocycles. The number of H-pyrrole nitrogens is 1. The Balaban J connectivity index is 2.60. The van der Waals surface area contributed by atoms with Crippen LogP contribution in [-0.4, -0.2) is 9.97 Å². The average Bonchev–Trinajstić information content (AvgIpc) is 2.26. The van der Waals surface area contributed by atoms with Crippen LogP contribution in [-0.2, 0) is 0 Å². The summed E-state index contributed by atoms with van der Waals surface area (Å²) < 4.78 is 14.6. The van der Waals surface area contributed by atoms with Gasteiger partial charge in [0, 0.05) is 15.7 Å². The summed E-state index contributed by atoms with van der Waals surface area (Å²) in [7, 11) is 0. The van der Waals surface area contributed by atoms with Crippen LogP contribution >= 0.6 is 28.1 Å². The average molecular weight is 327 g/mol. The number of hydrogen-bond acceptors (Lipinski definition) is 2. The van der Waals surface area contributed by atoms with Gasteiger partial charge in [-0.1, -0.05) is 42.0 Å². The van der Waals surface area contributed by atoms with Crippen LogP contribution in [0.5, 0.6) is 0 Å². The molecule has 2 nitrogen and oxygen atoms in total. The topological polar surface area (TPSA) is 28.7 Å². The summed E-state index contributed by atoms with van der Waals surface area (Å²) in [5.41, 5.74) is 1.67. The Labute approximate surface area is 118 Å². The van der Waals surface area contributed by atoms with Crippen LogP contribution in [0.25, 0.3) is 11.4 Å². The highest BCUT2D eigenvalue weighted by Crippen LogP contribution is 2.23. The number of aromatic amines is 1. The maximum atomic E-state index is 13.4. The lowest BCUT2D eigenvalue weighted by Gasteiger charge is -2.09. The van der Waals surface area contributed by atoms with E-state index in [0.29, 0.717) is 26.4 Å². The largest absolute Gasteiger partial charge is 0.343 e. The number of hydrogen-bond donors (Lipinski definition) is 1. The molecule has 0 spiro atoms. The van der Waals surface area contributed by atoms with Crippen molar-refractivity contribution in [2.45, 2.75) is 19.8 Å². The van der Waals surface area contributed by atoms with Crippen LogP contribution in [0.15, 0.2) is 28.7 Å². The van der Waals surface area contributed by atoms with Crippen molar-refractivity contribution in [1.29, 1.82) is 0 Å². The summed E-state index contributed by atoms with van der Waals surface area (Å²) in [6, 6.07) is 6.48. The van der Waals surface area contributed by atoms with Gasteiger partial charge >= 0.3 is 0 Å². The molecule has 94 valence electrons. The zero-order valence-electron chi connectivity index (χ0n) is 10.00. The molecule has 18 heavy (non-hydrogen) atoms. The summed E-state index contributed by atoms with van der Waals surface area (Å²) in [6.07, 6.45) is 0. The molecule has 0 unspecified atom stereocenters. The van der Waals surface area contributed by atoms with E-state index >= 15 is 0 Å². The molecular weight excluding hydrogens is 315 g/mol. The first-order valence-corrected chi connectivity index (χ1v) is 6.73. The molecule has 1 aromatic heterocycles. The normalized spacial score (nSPS) is 10.9. The molecule has 0 radical (unpaired) electrons. The fourth-order valence-electron chi connectivity index (χ4n) is 1.61. The number of aromatic nitrogens is 2. The number of rotatable bonds is 2.